The summed E-state index contributed by atoms with van der Waals surface area (Å²) in [6, 6.07) is 20.2. The Morgan fingerprint density at radius 1 is 0.938 bits per heavy atom. The Balaban J connectivity index is 1.33. The lowest BCUT2D eigenvalue weighted by Crippen LogP contribution is -2.27. The van der Waals surface area contributed by atoms with Crippen molar-refractivity contribution in [2.75, 3.05) is 18.4 Å². The molecule has 0 atom stereocenters. The summed E-state index contributed by atoms with van der Waals surface area (Å²) in [6.45, 7) is 1.10. The minimum atomic E-state index is -3.49. The zero-order chi connectivity index (χ0) is 22.1. The highest BCUT2D eigenvalue weighted by Crippen LogP contribution is 2.31. The van der Waals surface area contributed by atoms with Gasteiger partial charge in [-0.1, -0.05) is 42.5 Å². The van der Waals surface area contributed by atoms with Crippen molar-refractivity contribution in [2.45, 2.75) is 17.7 Å². The number of hydrogen-bond donors (Lipinski definition) is 1. The third-order valence-corrected chi connectivity index (χ3v) is 8.28. The van der Waals surface area contributed by atoms with Crippen LogP contribution in [0, 0.1) is 0 Å². The van der Waals surface area contributed by atoms with Gasteiger partial charge in [-0.25, -0.2) is 13.4 Å². The molecule has 1 N–H and O–H groups in total. The van der Waals surface area contributed by atoms with E-state index in [9.17, 15) is 13.2 Å². The van der Waals surface area contributed by atoms with E-state index >= 15 is 0 Å². The molecule has 1 fully saturated rings. The van der Waals surface area contributed by atoms with Crippen LogP contribution in [0.4, 0.5) is 5.13 Å². The summed E-state index contributed by atoms with van der Waals surface area (Å²) in [7, 11) is -3.49. The van der Waals surface area contributed by atoms with Gasteiger partial charge in [-0.3, -0.25) is 10.1 Å². The van der Waals surface area contributed by atoms with Gasteiger partial charge < -0.3 is 0 Å². The first-order valence-electron chi connectivity index (χ1n) is 10.4. The predicted molar refractivity (Wildman–Crippen MR) is 127 cm³/mol. The minimum absolute atomic E-state index is 0.212. The standard InChI is InChI=1S/C24H21N3O3S2/c28-23(18-10-12-19(13-11-18)32(29,30)27-14-3-4-15-27)26-24-25-22(16-31-24)21-9-5-7-17-6-1-2-8-20(17)21/h1-2,5-13,16H,3-4,14-15H2,(H,25,26,28). The number of sulfonamides is 1. The van der Waals surface area contributed by atoms with Crippen LogP contribution in [0.3, 0.4) is 0 Å². The monoisotopic (exact) mass is 463 g/mol. The van der Waals surface area contributed by atoms with E-state index in [2.05, 4.69) is 28.5 Å². The number of nitrogens with zero attached hydrogens (tertiary/aromatic N) is 2. The third-order valence-electron chi connectivity index (χ3n) is 5.61. The number of fused-ring (bicyclic) bond motifs is 1. The van der Waals surface area contributed by atoms with Gasteiger partial charge in [-0.15, -0.1) is 11.3 Å². The molecule has 1 aliphatic heterocycles. The Morgan fingerprint density at radius 2 is 1.66 bits per heavy atom. The van der Waals surface area contributed by atoms with Gasteiger partial charge in [0.2, 0.25) is 10.0 Å². The molecule has 6 nitrogen and oxygen atoms in total. The van der Waals surface area contributed by atoms with Crippen LogP contribution in [0.1, 0.15) is 23.2 Å². The molecule has 32 heavy (non-hydrogen) atoms. The highest BCUT2D eigenvalue weighted by molar-refractivity contribution is 7.89. The first-order valence-corrected chi connectivity index (χ1v) is 12.7. The lowest BCUT2D eigenvalue weighted by Gasteiger charge is -2.15. The molecule has 8 heteroatoms. The lowest BCUT2D eigenvalue weighted by molar-refractivity contribution is 0.102. The van der Waals surface area contributed by atoms with Gasteiger partial charge >= 0.3 is 0 Å². The zero-order valence-corrected chi connectivity index (χ0v) is 18.8. The van der Waals surface area contributed by atoms with Crippen molar-refractivity contribution in [3.05, 3.63) is 77.7 Å². The maximum Gasteiger partial charge on any atom is 0.257 e. The van der Waals surface area contributed by atoms with Crippen molar-refractivity contribution in [2.24, 2.45) is 0 Å². The van der Waals surface area contributed by atoms with Crippen LogP contribution in [-0.2, 0) is 10.0 Å². The predicted octanol–water partition coefficient (Wildman–Crippen LogP) is 5.00. The SMILES string of the molecule is O=C(Nc1nc(-c2cccc3ccccc23)cs1)c1ccc(S(=O)(=O)N2CCCC2)cc1. The molecule has 1 amide bonds. The van der Waals surface area contributed by atoms with E-state index in [0.29, 0.717) is 23.8 Å². The lowest BCUT2D eigenvalue weighted by atomic mass is 10.0. The molecule has 0 unspecified atom stereocenters. The van der Waals surface area contributed by atoms with Gasteiger partial charge in [-0.2, -0.15) is 4.31 Å². The van der Waals surface area contributed by atoms with E-state index in [1.165, 1.54) is 39.9 Å². The summed E-state index contributed by atoms with van der Waals surface area (Å²) in [5.74, 6) is -0.325. The van der Waals surface area contributed by atoms with Gasteiger partial charge in [-0.05, 0) is 47.9 Å². The summed E-state index contributed by atoms with van der Waals surface area (Å²) < 4.78 is 26.8. The summed E-state index contributed by atoms with van der Waals surface area (Å²) in [6.07, 6.45) is 1.77. The van der Waals surface area contributed by atoms with E-state index in [4.69, 9.17) is 0 Å². The third kappa shape index (κ3) is 3.92. The van der Waals surface area contributed by atoms with Crippen molar-refractivity contribution < 1.29 is 13.2 Å². The second kappa shape index (κ2) is 8.46. The molecule has 0 radical (unpaired) electrons. The van der Waals surface area contributed by atoms with Crippen LogP contribution in [0.15, 0.2) is 77.0 Å². The van der Waals surface area contributed by atoms with Crippen LogP contribution in [0.25, 0.3) is 22.0 Å². The fourth-order valence-electron chi connectivity index (χ4n) is 3.93. The van der Waals surface area contributed by atoms with E-state index in [-0.39, 0.29) is 10.8 Å². The average molecular weight is 464 g/mol. The Morgan fingerprint density at radius 3 is 2.44 bits per heavy atom. The summed E-state index contributed by atoms with van der Waals surface area (Å²) in [4.78, 5) is 17.5. The molecule has 4 aromatic rings. The number of carbonyl (C=O) groups is 1. The molecule has 1 aliphatic rings. The number of nitrogens with one attached hydrogen (secondary N) is 1. The largest absolute Gasteiger partial charge is 0.298 e. The molecular weight excluding hydrogens is 442 g/mol. The molecule has 3 aromatic carbocycles. The number of anilines is 1. The number of amides is 1. The Bertz CT molecular complexity index is 1380. The van der Waals surface area contributed by atoms with Crippen molar-refractivity contribution in [3.8, 4) is 11.3 Å². The number of rotatable bonds is 5. The van der Waals surface area contributed by atoms with E-state index in [0.717, 1.165) is 34.9 Å². The molecule has 0 aliphatic carbocycles. The second-order valence-electron chi connectivity index (χ2n) is 7.65. The molecule has 0 spiro atoms. The van der Waals surface area contributed by atoms with Gasteiger partial charge in [0.1, 0.15) is 0 Å². The molecule has 2 heterocycles. The minimum Gasteiger partial charge on any atom is -0.298 e. The smallest absolute Gasteiger partial charge is 0.257 e. The van der Waals surface area contributed by atoms with Crippen LogP contribution in [0.5, 0.6) is 0 Å². The van der Waals surface area contributed by atoms with Gasteiger partial charge in [0, 0.05) is 29.6 Å². The van der Waals surface area contributed by atoms with Crippen molar-refractivity contribution in [3.63, 3.8) is 0 Å². The van der Waals surface area contributed by atoms with Gasteiger partial charge in [0.25, 0.3) is 5.91 Å². The highest BCUT2D eigenvalue weighted by atomic mass is 32.2. The fourth-order valence-corrected chi connectivity index (χ4v) is 6.15. The first-order chi connectivity index (χ1) is 15.5. The van der Waals surface area contributed by atoms with Crippen molar-refractivity contribution >= 4 is 43.2 Å². The van der Waals surface area contributed by atoms with E-state index < -0.39 is 10.0 Å². The van der Waals surface area contributed by atoms with Crippen LogP contribution < -0.4 is 5.32 Å². The topological polar surface area (TPSA) is 79.4 Å². The molecule has 0 saturated carbocycles. The summed E-state index contributed by atoms with van der Waals surface area (Å²) in [5, 5.41) is 7.47. The van der Waals surface area contributed by atoms with E-state index in [1.807, 2.05) is 29.6 Å². The summed E-state index contributed by atoms with van der Waals surface area (Å²) >= 11 is 1.35. The molecule has 1 aromatic heterocycles. The molecule has 5 rings (SSSR count). The summed E-state index contributed by atoms with van der Waals surface area (Å²) in [5.41, 5.74) is 2.19. The number of hydrogen-bond acceptors (Lipinski definition) is 5. The normalized spacial score (nSPS) is 14.6. The zero-order valence-electron chi connectivity index (χ0n) is 17.2. The highest BCUT2D eigenvalue weighted by Gasteiger charge is 2.27. The molecule has 162 valence electrons. The number of benzene rings is 3. The average Bonchev–Trinajstić information content (AvgIpc) is 3.52. The van der Waals surface area contributed by atoms with Gasteiger partial charge in [0.15, 0.2) is 5.13 Å². The number of aromatic nitrogens is 1. The van der Waals surface area contributed by atoms with Crippen LogP contribution in [-0.4, -0.2) is 36.7 Å². The second-order valence-corrected chi connectivity index (χ2v) is 10.5. The van der Waals surface area contributed by atoms with E-state index in [1.54, 1.807) is 0 Å². The van der Waals surface area contributed by atoms with Crippen LogP contribution in [0.2, 0.25) is 0 Å². The fraction of sp³-hybridized carbons (Fsp3) is 0.167. The molecular formula is C24H21N3O3S2. The number of carbonyl (C=O) groups excluding carboxylic acids is 1. The van der Waals surface area contributed by atoms with Gasteiger partial charge in [0.05, 0.1) is 10.6 Å². The molecule has 0 bridgehead atoms. The number of thiazole rings is 1. The Labute approximate surface area is 190 Å². The quantitative estimate of drug-likeness (QED) is 0.452. The maximum absolute atomic E-state index is 12.7. The first kappa shape index (κ1) is 20.8. The van der Waals surface area contributed by atoms with Crippen molar-refractivity contribution in [1.82, 2.24) is 9.29 Å². The Hall–Kier alpha value is -3.07. The Kier molecular flexibility index (Phi) is 5.50. The van der Waals surface area contributed by atoms with Crippen LogP contribution >= 0.6 is 11.3 Å². The maximum atomic E-state index is 12.7. The molecule has 1 saturated heterocycles. The van der Waals surface area contributed by atoms with Crippen molar-refractivity contribution in [1.29, 1.82) is 0 Å².